The molecule has 1 aromatic heterocycles. The molecule has 2 aromatic rings. The molecule has 2 fully saturated rings. The zero-order valence-corrected chi connectivity index (χ0v) is 17.4. The summed E-state index contributed by atoms with van der Waals surface area (Å²) in [6, 6.07) is 6.64. The first-order chi connectivity index (χ1) is 15.3. The van der Waals surface area contributed by atoms with Gasteiger partial charge in [-0.15, -0.1) is 13.2 Å². The highest BCUT2D eigenvalue weighted by molar-refractivity contribution is 5.95. The number of carbonyl (C=O) groups is 1. The Hall–Kier alpha value is -2.81. The summed E-state index contributed by atoms with van der Waals surface area (Å²) in [6.45, 7) is 0.495. The van der Waals surface area contributed by atoms with Crippen LogP contribution in [-0.2, 0) is 0 Å². The van der Waals surface area contributed by atoms with Crippen LogP contribution in [0.15, 0.2) is 36.5 Å². The molecule has 172 valence electrons. The first kappa shape index (κ1) is 22.4. The highest BCUT2D eigenvalue weighted by atomic mass is 19.4. The van der Waals surface area contributed by atoms with Crippen LogP contribution in [0.5, 0.6) is 11.6 Å². The van der Waals surface area contributed by atoms with Crippen molar-refractivity contribution in [1.82, 2.24) is 10.3 Å². The number of aromatic nitrogens is 1. The van der Waals surface area contributed by atoms with Gasteiger partial charge in [0, 0.05) is 11.8 Å². The van der Waals surface area contributed by atoms with Gasteiger partial charge in [-0.05, 0) is 55.4 Å². The molecule has 0 unspecified atom stereocenters. The normalized spacial score (nSPS) is 21.1. The fraction of sp³-hybridized carbons (Fsp3) is 0.478. The molecule has 1 amide bonds. The molecule has 2 saturated carbocycles. The van der Waals surface area contributed by atoms with Gasteiger partial charge in [0.25, 0.3) is 5.91 Å². The van der Waals surface area contributed by atoms with Gasteiger partial charge in [-0.1, -0.05) is 25.0 Å². The lowest BCUT2D eigenvalue weighted by Gasteiger charge is -2.28. The SMILES string of the molecule is O=C(N[C@H]1CCCC[C@@H]1O)c1cnc(OCC2CC2)c(-c2ccc(OC(F)(F)F)cc2)c1. The van der Waals surface area contributed by atoms with Crippen molar-refractivity contribution in [2.45, 2.75) is 57.0 Å². The van der Waals surface area contributed by atoms with E-state index in [4.69, 9.17) is 4.74 Å². The van der Waals surface area contributed by atoms with Crippen molar-refractivity contribution in [3.8, 4) is 22.8 Å². The minimum atomic E-state index is -4.77. The van der Waals surface area contributed by atoms with Gasteiger partial charge in [-0.25, -0.2) is 4.98 Å². The summed E-state index contributed by atoms with van der Waals surface area (Å²) in [4.78, 5) is 17.1. The number of pyridine rings is 1. The molecule has 0 spiro atoms. The van der Waals surface area contributed by atoms with Gasteiger partial charge in [0.15, 0.2) is 0 Å². The number of benzene rings is 1. The van der Waals surface area contributed by atoms with Crippen LogP contribution in [0.4, 0.5) is 13.2 Å². The molecule has 0 aliphatic heterocycles. The summed E-state index contributed by atoms with van der Waals surface area (Å²) in [7, 11) is 0. The summed E-state index contributed by atoms with van der Waals surface area (Å²) < 4.78 is 47.1. The lowest BCUT2D eigenvalue weighted by molar-refractivity contribution is -0.274. The maximum absolute atomic E-state index is 12.8. The summed E-state index contributed by atoms with van der Waals surface area (Å²) in [5.74, 6) is 0.0870. The second kappa shape index (κ2) is 9.36. The van der Waals surface area contributed by atoms with E-state index < -0.39 is 12.5 Å². The van der Waals surface area contributed by atoms with Gasteiger partial charge in [-0.2, -0.15) is 0 Å². The Morgan fingerprint density at radius 3 is 2.50 bits per heavy atom. The Balaban J connectivity index is 1.57. The fourth-order valence-corrected chi connectivity index (χ4v) is 3.75. The molecule has 2 atom stereocenters. The van der Waals surface area contributed by atoms with Crippen LogP contribution in [-0.4, -0.2) is 41.1 Å². The van der Waals surface area contributed by atoms with Gasteiger partial charge in [0.05, 0.1) is 24.3 Å². The van der Waals surface area contributed by atoms with Crippen molar-refractivity contribution in [2.24, 2.45) is 5.92 Å². The Bertz CT molecular complexity index is 945. The smallest absolute Gasteiger partial charge is 0.477 e. The molecule has 9 heteroatoms. The third-order valence-electron chi connectivity index (χ3n) is 5.71. The molecular weight excluding hydrogens is 425 g/mol. The first-order valence-electron chi connectivity index (χ1n) is 10.8. The number of hydrogen-bond donors (Lipinski definition) is 2. The summed E-state index contributed by atoms with van der Waals surface area (Å²) in [5, 5.41) is 13.0. The number of nitrogens with one attached hydrogen (secondary N) is 1. The summed E-state index contributed by atoms with van der Waals surface area (Å²) >= 11 is 0. The number of alkyl halides is 3. The maximum Gasteiger partial charge on any atom is 0.573 e. The molecule has 1 heterocycles. The number of rotatable bonds is 7. The molecule has 2 N–H and O–H groups in total. The highest BCUT2D eigenvalue weighted by Gasteiger charge is 2.31. The molecule has 32 heavy (non-hydrogen) atoms. The monoisotopic (exact) mass is 450 g/mol. The van der Waals surface area contributed by atoms with Crippen LogP contribution in [0.3, 0.4) is 0 Å². The van der Waals surface area contributed by atoms with Crippen molar-refractivity contribution in [3.63, 3.8) is 0 Å². The number of hydrogen-bond acceptors (Lipinski definition) is 5. The number of ether oxygens (including phenoxy) is 2. The molecule has 2 aliphatic rings. The van der Waals surface area contributed by atoms with E-state index in [1.807, 2.05) is 0 Å². The summed E-state index contributed by atoms with van der Waals surface area (Å²) in [5.41, 5.74) is 1.33. The zero-order valence-electron chi connectivity index (χ0n) is 17.4. The molecular formula is C23H25F3N2O4. The third-order valence-corrected chi connectivity index (χ3v) is 5.71. The molecule has 0 radical (unpaired) electrons. The van der Waals surface area contributed by atoms with Crippen LogP contribution in [0.1, 0.15) is 48.9 Å². The number of aliphatic hydroxyl groups is 1. The van der Waals surface area contributed by atoms with Gasteiger partial charge in [0.1, 0.15) is 5.75 Å². The van der Waals surface area contributed by atoms with E-state index in [1.165, 1.54) is 30.5 Å². The standard InChI is InChI=1S/C23H25F3N2O4/c24-23(25,26)32-17-9-7-15(8-10-17)18-11-16(12-27-22(18)31-13-14-5-6-14)21(30)28-19-3-1-2-4-20(19)29/h7-12,14,19-20,29H,1-6,13H2,(H,28,30)/t19-,20-/m0/s1. The zero-order chi connectivity index (χ0) is 22.7. The Morgan fingerprint density at radius 1 is 1.12 bits per heavy atom. The Labute approximate surface area is 183 Å². The highest BCUT2D eigenvalue weighted by Crippen LogP contribution is 2.34. The quantitative estimate of drug-likeness (QED) is 0.651. The van der Waals surface area contributed by atoms with Crippen LogP contribution >= 0.6 is 0 Å². The van der Waals surface area contributed by atoms with Gasteiger partial charge in [0.2, 0.25) is 5.88 Å². The van der Waals surface area contributed by atoms with Crippen molar-refractivity contribution >= 4 is 5.91 Å². The van der Waals surface area contributed by atoms with Crippen molar-refractivity contribution in [2.75, 3.05) is 6.61 Å². The maximum atomic E-state index is 12.8. The summed E-state index contributed by atoms with van der Waals surface area (Å²) in [6.07, 6.45) is 1.45. The predicted molar refractivity (Wildman–Crippen MR) is 110 cm³/mol. The largest absolute Gasteiger partial charge is 0.573 e. The predicted octanol–water partition coefficient (Wildman–Crippen LogP) is 4.47. The molecule has 1 aromatic carbocycles. The van der Waals surface area contributed by atoms with E-state index in [-0.39, 0.29) is 23.3 Å². The Kier molecular flexibility index (Phi) is 6.55. The third kappa shape index (κ3) is 5.91. The minimum absolute atomic E-state index is 0.284. The average Bonchev–Trinajstić information content (AvgIpc) is 3.58. The van der Waals surface area contributed by atoms with Gasteiger partial charge in [-0.3, -0.25) is 4.79 Å². The number of halogens is 3. The van der Waals surface area contributed by atoms with E-state index in [1.54, 1.807) is 6.07 Å². The van der Waals surface area contributed by atoms with E-state index in [9.17, 15) is 23.1 Å². The number of carbonyl (C=O) groups excluding carboxylic acids is 1. The van der Waals surface area contributed by atoms with E-state index in [0.717, 1.165) is 25.7 Å². The molecule has 2 aliphatic carbocycles. The van der Waals surface area contributed by atoms with Crippen LogP contribution in [0, 0.1) is 5.92 Å². The first-order valence-corrected chi connectivity index (χ1v) is 10.8. The topological polar surface area (TPSA) is 80.7 Å². The van der Waals surface area contributed by atoms with Crippen LogP contribution < -0.4 is 14.8 Å². The number of amides is 1. The lowest BCUT2D eigenvalue weighted by atomic mass is 9.92. The average molecular weight is 450 g/mol. The van der Waals surface area contributed by atoms with Crippen molar-refractivity contribution < 1.29 is 32.5 Å². The molecule has 6 nitrogen and oxygen atoms in total. The second-order valence-corrected chi connectivity index (χ2v) is 8.34. The van der Waals surface area contributed by atoms with E-state index in [0.29, 0.717) is 42.4 Å². The molecule has 0 bridgehead atoms. The van der Waals surface area contributed by atoms with E-state index >= 15 is 0 Å². The number of aliphatic hydroxyl groups excluding tert-OH is 1. The second-order valence-electron chi connectivity index (χ2n) is 8.34. The van der Waals surface area contributed by atoms with Crippen molar-refractivity contribution in [3.05, 3.63) is 42.1 Å². The van der Waals surface area contributed by atoms with Crippen LogP contribution in [0.25, 0.3) is 11.1 Å². The Morgan fingerprint density at radius 2 is 1.84 bits per heavy atom. The molecule has 0 saturated heterocycles. The molecule has 4 rings (SSSR count). The van der Waals surface area contributed by atoms with Crippen LogP contribution in [0.2, 0.25) is 0 Å². The van der Waals surface area contributed by atoms with Gasteiger partial charge >= 0.3 is 6.36 Å². The lowest BCUT2D eigenvalue weighted by Crippen LogP contribution is -2.45. The number of nitrogens with zero attached hydrogens (tertiary/aromatic N) is 1. The fourth-order valence-electron chi connectivity index (χ4n) is 3.75. The van der Waals surface area contributed by atoms with Crippen molar-refractivity contribution in [1.29, 1.82) is 0 Å². The minimum Gasteiger partial charge on any atom is -0.477 e. The van der Waals surface area contributed by atoms with Gasteiger partial charge < -0.3 is 19.9 Å². The van der Waals surface area contributed by atoms with E-state index in [2.05, 4.69) is 15.0 Å².